The van der Waals surface area contributed by atoms with Crippen molar-refractivity contribution in [1.82, 2.24) is 9.97 Å². The lowest BCUT2D eigenvalue weighted by Crippen LogP contribution is -2.05. The highest BCUT2D eigenvalue weighted by Gasteiger charge is 2.09. The molecule has 0 saturated carbocycles. The molecule has 0 aliphatic carbocycles. The number of nitrogens with one attached hydrogen (secondary N) is 1. The molecule has 0 saturated heterocycles. The van der Waals surface area contributed by atoms with Gasteiger partial charge in [-0.15, -0.1) is 0 Å². The van der Waals surface area contributed by atoms with Crippen molar-refractivity contribution >= 4 is 10.9 Å². The van der Waals surface area contributed by atoms with E-state index in [-0.39, 0.29) is 5.43 Å². The Morgan fingerprint density at radius 2 is 1.91 bits per heavy atom. The van der Waals surface area contributed by atoms with E-state index in [1.165, 1.54) is 5.56 Å². The molecular formula is C19H20N2O2. The Hall–Kier alpha value is -2.62. The molecule has 3 rings (SSSR count). The fourth-order valence-electron chi connectivity index (χ4n) is 2.80. The van der Waals surface area contributed by atoms with Crippen molar-refractivity contribution in [3.8, 4) is 17.1 Å². The lowest BCUT2D eigenvalue weighted by molar-refractivity contribution is 0.415. The molecule has 0 bridgehead atoms. The number of aromatic amines is 1. The van der Waals surface area contributed by atoms with E-state index in [9.17, 15) is 4.79 Å². The monoisotopic (exact) mass is 308 g/mol. The number of nitrogens with zero attached hydrogens (tertiary/aromatic N) is 1. The van der Waals surface area contributed by atoms with Crippen molar-refractivity contribution in [2.45, 2.75) is 26.7 Å². The molecular weight excluding hydrogens is 288 g/mol. The number of ether oxygens (including phenoxy) is 1. The number of hydrogen-bond acceptors (Lipinski definition) is 3. The summed E-state index contributed by atoms with van der Waals surface area (Å²) < 4.78 is 5.24. The summed E-state index contributed by atoms with van der Waals surface area (Å²) in [5.74, 6) is 0.717. The van der Waals surface area contributed by atoms with Gasteiger partial charge < -0.3 is 9.72 Å². The van der Waals surface area contributed by atoms with E-state index in [4.69, 9.17) is 9.72 Å². The second-order valence-corrected chi connectivity index (χ2v) is 5.47. The zero-order valence-corrected chi connectivity index (χ0v) is 13.6. The Labute approximate surface area is 135 Å². The average molecular weight is 308 g/mol. The molecule has 23 heavy (non-hydrogen) atoms. The molecule has 0 fully saturated rings. The Balaban J connectivity index is 2.18. The molecule has 0 amide bonds. The van der Waals surface area contributed by atoms with Gasteiger partial charge in [-0.25, -0.2) is 0 Å². The Bertz CT molecular complexity index is 913. The third-order valence-electron chi connectivity index (χ3n) is 4.10. The van der Waals surface area contributed by atoms with Crippen LogP contribution in [0.15, 0.2) is 41.2 Å². The van der Waals surface area contributed by atoms with Gasteiger partial charge in [0, 0.05) is 23.2 Å². The third kappa shape index (κ3) is 2.84. The average Bonchev–Trinajstić information content (AvgIpc) is 2.60. The molecule has 0 spiro atoms. The Morgan fingerprint density at radius 1 is 1.09 bits per heavy atom. The number of pyridine rings is 2. The maximum atomic E-state index is 12.4. The Kier molecular flexibility index (Phi) is 4.15. The van der Waals surface area contributed by atoms with E-state index in [0.29, 0.717) is 11.1 Å². The summed E-state index contributed by atoms with van der Waals surface area (Å²) in [4.78, 5) is 20.4. The van der Waals surface area contributed by atoms with Crippen LogP contribution in [-0.2, 0) is 12.8 Å². The molecule has 4 nitrogen and oxygen atoms in total. The molecule has 2 heterocycles. The number of H-pyrrole nitrogens is 1. The maximum absolute atomic E-state index is 12.4. The zero-order valence-electron chi connectivity index (χ0n) is 13.6. The highest BCUT2D eigenvalue weighted by atomic mass is 16.5. The standard InChI is InChI=1S/C19H20N2O2/c1-4-12-6-9-16(20-15(12)5-2)18-11-19(22)14-8-7-13(23-3)10-17(14)21-18/h6-11H,4-5H2,1-3H3,(H,21,22). The molecule has 3 aromatic rings. The first kappa shape index (κ1) is 15.3. The van der Waals surface area contributed by atoms with E-state index in [1.54, 1.807) is 25.3 Å². The van der Waals surface area contributed by atoms with Gasteiger partial charge in [-0.3, -0.25) is 9.78 Å². The topological polar surface area (TPSA) is 55.0 Å². The van der Waals surface area contributed by atoms with Gasteiger partial charge in [-0.05, 0) is 36.6 Å². The zero-order chi connectivity index (χ0) is 16.4. The van der Waals surface area contributed by atoms with Crippen molar-refractivity contribution in [1.29, 1.82) is 0 Å². The van der Waals surface area contributed by atoms with Crippen molar-refractivity contribution in [3.05, 3.63) is 57.9 Å². The number of fused-ring (bicyclic) bond motifs is 1. The summed E-state index contributed by atoms with van der Waals surface area (Å²) in [7, 11) is 1.61. The van der Waals surface area contributed by atoms with Crippen LogP contribution in [0.5, 0.6) is 5.75 Å². The molecule has 2 aromatic heterocycles. The predicted octanol–water partition coefficient (Wildman–Crippen LogP) is 3.72. The van der Waals surface area contributed by atoms with Crippen molar-refractivity contribution in [2.75, 3.05) is 7.11 Å². The summed E-state index contributed by atoms with van der Waals surface area (Å²) in [6.45, 7) is 4.22. The van der Waals surface area contributed by atoms with Crippen LogP contribution in [-0.4, -0.2) is 17.1 Å². The highest BCUT2D eigenvalue weighted by molar-refractivity contribution is 5.82. The van der Waals surface area contributed by atoms with Gasteiger partial charge >= 0.3 is 0 Å². The normalized spacial score (nSPS) is 10.9. The van der Waals surface area contributed by atoms with Gasteiger partial charge in [-0.1, -0.05) is 19.9 Å². The molecule has 118 valence electrons. The number of hydrogen-bond donors (Lipinski definition) is 1. The summed E-state index contributed by atoms with van der Waals surface area (Å²) in [5, 5.41) is 0.649. The van der Waals surface area contributed by atoms with Gasteiger partial charge in [-0.2, -0.15) is 0 Å². The van der Waals surface area contributed by atoms with Gasteiger partial charge in [0.15, 0.2) is 5.43 Å². The van der Waals surface area contributed by atoms with Crippen molar-refractivity contribution < 1.29 is 4.74 Å². The summed E-state index contributed by atoms with van der Waals surface area (Å²) >= 11 is 0. The van der Waals surface area contributed by atoms with Gasteiger partial charge in [0.25, 0.3) is 0 Å². The van der Waals surface area contributed by atoms with E-state index in [2.05, 4.69) is 24.9 Å². The minimum Gasteiger partial charge on any atom is -0.497 e. The van der Waals surface area contributed by atoms with E-state index < -0.39 is 0 Å². The van der Waals surface area contributed by atoms with Crippen molar-refractivity contribution in [3.63, 3.8) is 0 Å². The second kappa shape index (κ2) is 6.24. The van der Waals surface area contributed by atoms with Crippen LogP contribution in [0.25, 0.3) is 22.3 Å². The molecule has 1 aromatic carbocycles. The van der Waals surface area contributed by atoms with Gasteiger partial charge in [0.05, 0.1) is 24.0 Å². The van der Waals surface area contributed by atoms with Crippen LogP contribution in [0.4, 0.5) is 0 Å². The maximum Gasteiger partial charge on any atom is 0.190 e. The Morgan fingerprint density at radius 3 is 2.61 bits per heavy atom. The number of aryl methyl sites for hydroxylation is 2. The molecule has 0 atom stereocenters. The van der Waals surface area contributed by atoms with Crippen LogP contribution >= 0.6 is 0 Å². The quantitative estimate of drug-likeness (QED) is 0.799. The molecule has 4 heteroatoms. The number of rotatable bonds is 4. The highest BCUT2D eigenvalue weighted by Crippen LogP contribution is 2.22. The predicted molar refractivity (Wildman–Crippen MR) is 93.1 cm³/mol. The minimum absolute atomic E-state index is 0.0178. The fourth-order valence-corrected chi connectivity index (χ4v) is 2.80. The largest absolute Gasteiger partial charge is 0.497 e. The lowest BCUT2D eigenvalue weighted by atomic mass is 10.1. The summed E-state index contributed by atoms with van der Waals surface area (Å²) in [5.41, 5.74) is 4.59. The van der Waals surface area contributed by atoms with Crippen LogP contribution in [0.1, 0.15) is 25.1 Å². The molecule has 0 unspecified atom stereocenters. The van der Waals surface area contributed by atoms with Crippen LogP contribution in [0.2, 0.25) is 0 Å². The summed E-state index contributed by atoms with van der Waals surface area (Å²) in [6.07, 6.45) is 1.84. The van der Waals surface area contributed by atoms with E-state index in [1.807, 2.05) is 12.1 Å². The first-order chi connectivity index (χ1) is 11.2. The van der Waals surface area contributed by atoms with Gasteiger partial charge in [0.2, 0.25) is 0 Å². The van der Waals surface area contributed by atoms with Crippen molar-refractivity contribution in [2.24, 2.45) is 0 Å². The first-order valence-electron chi connectivity index (χ1n) is 7.86. The lowest BCUT2D eigenvalue weighted by Gasteiger charge is -2.09. The number of aromatic nitrogens is 2. The van der Waals surface area contributed by atoms with Crippen LogP contribution < -0.4 is 10.2 Å². The van der Waals surface area contributed by atoms with Crippen LogP contribution in [0.3, 0.4) is 0 Å². The second-order valence-electron chi connectivity index (χ2n) is 5.47. The minimum atomic E-state index is -0.0178. The van der Waals surface area contributed by atoms with E-state index in [0.717, 1.165) is 35.4 Å². The van der Waals surface area contributed by atoms with E-state index >= 15 is 0 Å². The smallest absolute Gasteiger partial charge is 0.190 e. The summed E-state index contributed by atoms with van der Waals surface area (Å²) in [6, 6.07) is 11.1. The molecule has 0 aliphatic heterocycles. The molecule has 1 N–H and O–H groups in total. The SMILES string of the molecule is CCc1ccc(-c2cc(=O)c3ccc(OC)cc3[nH]2)nc1CC. The fraction of sp³-hybridized carbons (Fsp3) is 0.263. The number of methoxy groups -OCH3 is 1. The molecule has 0 radical (unpaired) electrons. The first-order valence-corrected chi connectivity index (χ1v) is 7.86. The third-order valence-corrected chi connectivity index (χ3v) is 4.10. The molecule has 0 aliphatic rings. The van der Waals surface area contributed by atoms with Crippen LogP contribution in [0, 0.1) is 0 Å². The number of benzene rings is 1. The van der Waals surface area contributed by atoms with Gasteiger partial charge in [0.1, 0.15) is 5.75 Å².